The lowest BCUT2D eigenvalue weighted by Gasteiger charge is -2.28. The highest BCUT2D eigenvalue weighted by Gasteiger charge is 2.26. The Bertz CT molecular complexity index is 893. The second-order valence-electron chi connectivity index (χ2n) is 9.16. The zero-order chi connectivity index (χ0) is 22.5. The van der Waals surface area contributed by atoms with Gasteiger partial charge >= 0.3 is 5.97 Å². The van der Waals surface area contributed by atoms with Gasteiger partial charge in [0.15, 0.2) is 0 Å². The van der Waals surface area contributed by atoms with Crippen LogP contribution in [-0.4, -0.2) is 50.7 Å². The molecule has 3 fully saturated rings. The molecule has 176 valence electrons. The number of carbonyl (C=O) groups is 1. The van der Waals surface area contributed by atoms with E-state index in [2.05, 4.69) is 24.3 Å². The summed E-state index contributed by atoms with van der Waals surface area (Å²) >= 11 is 0. The molecule has 2 aromatic rings. The molecular formula is C27H32O6. The van der Waals surface area contributed by atoms with Gasteiger partial charge in [0.25, 0.3) is 0 Å². The van der Waals surface area contributed by atoms with Crippen molar-refractivity contribution in [2.75, 3.05) is 26.4 Å². The average molecular weight is 453 g/mol. The lowest BCUT2D eigenvalue weighted by Crippen LogP contribution is -2.24. The van der Waals surface area contributed by atoms with E-state index in [0.29, 0.717) is 36.9 Å². The van der Waals surface area contributed by atoms with Crippen LogP contribution in [-0.2, 0) is 14.2 Å². The highest BCUT2D eigenvalue weighted by atomic mass is 16.6. The first-order chi connectivity index (χ1) is 16.2. The lowest BCUT2D eigenvalue weighted by atomic mass is 9.83. The third-order valence-electron chi connectivity index (χ3n) is 6.61. The first-order valence-corrected chi connectivity index (χ1v) is 12.1. The third kappa shape index (κ3) is 6.71. The summed E-state index contributed by atoms with van der Waals surface area (Å²) in [6.07, 6.45) is 6.43. The van der Waals surface area contributed by atoms with Crippen LogP contribution in [0.1, 0.15) is 60.4 Å². The molecule has 2 atom stereocenters. The predicted octanol–water partition coefficient (Wildman–Crippen LogP) is 4.91. The molecule has 5 rings (SSSR count). The summed E-state index contributed by atoms with van der Waals surface area (Å²) in [5.41, 5.74) is 1.90. The summed E-state index contributed by atoms with van der Waals surface area (Å²) < 4.78 is 27.6. The van der Waals surface area contributed by atoms with E-state index < -0.39 is 0 Å². The van der Waals surface area contributed by atoms with Gasteiger partial charge in [-0.15, -0.1) is 0 Å². The summed E-state index contributed by atoms with van der Waals surface area (Å²) in [7, 11) is 0. The zero-order valence-corrected chi connectivity index (χ0v) is 18.9. The molecule has 33 heavy (non-hydrogen) atoms. The molecule has 2 aliphatic heterocycles. The molecule has 0 N–H and O–H groups in total. The average Bonchev–Trinajstić information content (AvgIpc) is 3.77. The molecular weight excluding hydrogens is 420 g/mol. The van der Waals surface area contributed by atoms with Crippen molar-refractivity contribution in [1.29, 1.82) is 0 Å². The number of rotatable bonds is 11. The molecule has 6 nitrogen and oxygen atoms in total. The van der Waals surface area contributed by atoms with Gasteiger partial charge in [0, 0.05) is 12.8 Å². The van der Waals surface area contributed by atoms with E-state index in [9.17, 15) is 4.79 Å². The Hall–Kier alpha value is -2.57. The molecule has 1 saturated carbocycles. The van der Waals surface area contributed by atoms with E-state index in [1.54, 1.807) is 12.1 Å². The van der Waals surface area contributed by atoms with Gasteiger partial charge in [-0.3, -0.25) is 0 Å². The van der Waals surface area contributed by atoms with Crippen molar-refractivity contribution >= 4 is 5.97 Å². The van der Waals surface area contributed by atoms with Gasteiger partial charge in [0.2, 0.25) is 0 Å². The van der Waals surface area contributed by atoms with Gasteiger partial charge in [0.05, 0.1) is 44.2 Å². The maximum atomic E-state index is 12.6. The van der Waals surface area contributed by atoms with Crippen LogP contribution in [0.5, 0.6) is 11.5 Å². The summed E-state index contributed by atoms with van der Waals surface area (Å²) in [6, 6.07) is 15.7. The van der Waals surface area contributed by atoms with E-state index >= 15 is 0 Å². The minimum Gasteiger partial charge on any atom is -0.493 e. The molecule has 2 unspecified atom stereocenters. The van der Waals surface area contributed by atoms with Gasteiger partial charge in [0.1, 0.15) is 17.6 Å². The molecule has 2 saturated heterocycles. The first kappa shape index (κ1) is 22.2. The Kier molecular flexibility index (Phi) is 7.12. The fraction of sp³-hybridized carbons (Fsp3) is 0.519. The van der Waals surface area contributed by atoms with Crippen molar-refractivity contribution in [2.24, 2.45) is 0 Å². The normalized spacial score (nSPS) is 25.8. The molecule has 0 radical (unpaired) electrons. The first-order valence-electron chi connectivity index (χ1n) is 12.1. The largest absolute Gasteiger partial charge is 0.493 e. The fourth-order valence-corrected chi connectivity index (χ4v) is 4.34. The Morgan fingerprint density at radius 2 is 1.27 bits per heavy atom. The maximum absolute atomic E-state index is 12.6. The van der Waals surface area contributed by atoms with Crippen LogP contribution in [0.3, 0.4) is 0 Å². The smallest absolute Gasteiger partial charge is 0.338 e. The monoisotopic (exact) mass is 452 g/mol. The van der Waals surface area contributed by atoms with Crippen LogP contribution < -0.4 is 9.47 Å². The number of epoxide rings is 2. The molecule has 6 heteroatoms. The fourth-order valence-electron chi connectivity index (χ4n) is 4.34. The van der Waals surface area contributed by atoms with Gasteiger partial charge in [-0.25, -0.2) is 4.79 Å². The van der Waals surface area contributed by atoms with Crippen LogP contribution in [0.15, 0.2) is 48.5 Å². The van der Waals surface area contributed by atoms with Crippen molar-refractivity contribution in [3.63, 3.8) is 0 Å². The minimum absolute atomic E-state index is 0.0181. The third-order valence-corrected chi connectivity index (χ3v) is 6.61. The second kappa shape index (κ2) is 10.6. The quantitative estimate of drug-likeness (QED) is 0.357. The Morgan fingerprint density at radius 3 is 1.79 bits per heavy atom. The van der Waals surface area contributed by atoms with E-state index in [-0.39, 0.29) is 12.1 Å². The van der Waals surface area contributed by atoms with Crippen molar-refractivity contribution in [2.45, 2.75) is 62.8 Å². The minimum atomic E-state index is -0.255. The van der Waals surface area contributed by atoms with Crippen molar-refractivity contribution in [3.8, 4) is 11.5 Å². The molecule has 2 aromatic carbocycles. The summed E-state index contributed by atoms with van der Waals surface area (Å²) in [5, 5.41) is 0. The van der Waals surface area contributed by atoms with Crippen LogP contribution in [0.4, 0.5) is 0 Å². The summed E-state index contributed by atoms with van der Waals surface area (Å²) in [6.45, 7) is 3.04. The Morgan fingerprint density at radius 1 is 0.758 bits per heavy atom. The van der Waals surface area contributed by atoms with E-state index in [1.807, 2.05) is 12.1 Å². The highest BCUT2D eigenvalue weighted by molar-refractivity contribution is 5.89. The van der Waals surface area contributed by atoms with Crippen molar-refractivity contribution in [1.82, 2.24) is 0 Å². The Labute approximate surface area is 195 Å². The second-order valence-corrected chi connectivity index (χ2v) is 9.16. The van der Waals surface area contributed by atoms with Gasteiger partial charge < -0.3 is 23.7 Å². The van der Waals surface area contributed by atoms with Crippen molar-refractivity contribution < 1.29 is 28.5 Å². The van der Waals surface area contributed by atoms with Crippen LogP contribution in [0.2, 0.25) is 0 Å². The predicted molar refractivity (Wildman–Crippen MR) is 123 cm³/mol. The molecule has 0 bridgehead atoms. The topological polar surface area (TPSA) is 69.8 Å². The number of esters is 1. The summed E-state index contributed by atoms with van der Waals surface area (Å²) in [5.74, 6) is 1.93. The van der Waals surface area contributed by atoms with Crippen LogP contribution in [0, 0.1) is 0 Å². The number of hydrogen-bond donors (Lipinski definition) is 0. The number of carbonyl (C=O) groups excluding carboxylic acids is 1. The number of hydrogen-bond acceptors (Lipinski definition) is 6. The SMILES string of the molecule is O=C(OC1CCC(c2ccc(OCCC3CO3)cc2)CC1)c1ccc(OCCC2CO2)cc1. The van der Waals surface area contributed by atoms with Gasteiger partial charge in [-0.05, 0) is 73.6 Å². The molecule has 0 amide bonds. The molecule has 0 spiro atoms. The van der Waals surface area contributed by atoms with Gasteiger partial charge in [-0.1, -0.05) is 12.1 Å². The van der Waals surface area contributed by atoms with Crippen LogP contribution >= 0.6 is 0 Å². The zero-order valence-electron chi connectivity index (χ0n) is 18.9. The highest BCUT2D eigenvalue weighted by Crippen LogP contribution is 2.35. The molecule has 2 heterocycles. The van der Waals surface area contributed by atoms with E-state index in [1.165, 1.54) is 5.56 Å². The molecule has 1 aliphatic carbocycles. The standard InChI is InChI=1S/C27H32O6/c28-27(21-5-9-23(10-6-21)30-16-14-26-18-32-26)33-24-11-3-20(4-12-24)19-1-7-22(8-2-19)29-15-13-25-17-31-25/h1-2,5-10,20,24-26H,3-4,11-18H2. The van der Waals surface area contributed by atoms with Crippen LogP contribution in [0.25, 0.3) is 0 Å². The maximum Gasteiger partial charge on any atom is 0.338 e. The van der Waals surface area contributed by atoms with E-state index in [0.717, 1.165) is 63.2 Å². The number of benzene rings is 2. The number of ether oxygens (including phenoxy) is 5. The van der Waals surface area contributed by atoms with E-state index in [4.69, 9.17) is 23.7 Å². The lowest BCUT2D eigenvalue weighted by molar-refractivity contribution is 0.0195. The Balaban J connectivity index is 1.03. The molecule has 3 aliphatic rings. The molecule has 0 aromatic heterocycles. The van der Waals surface area contributed by atoms with Crippen molar-refractivity contribution in [3.05, 3.63) is 59.7 Å². The summed E-state index contributed by atoms with van der Waals surface area (Å²) in [4.78, 5) is 12.6. The van der Waals surface area contributed by atoms with Gasteiger partial charge in [-0.2, -0.15) is 0 Å².